The van der Waals surface area contributed by atoms with Gasteiger partial charge in [0.2, 0.25) is 0 Å². The minimum Gasteiger partial charge on any atom is -0.434 e. The van der Waals surface area contributed by atoms with Gasteiger partial charge in [0.25, 0.3) is 10.1 Å². The molecule has 0 heterocycles. The molecule has 1 N–H and O–H groups in total. The van der Waals surface area contributed by atoms with Crippen molar-refractivity contribution in [2.75, 3.05) is 0 Å². The molecule has 5 nitrogen and oxygen atoms in total. The molecule has 0 aliphatic rings. The van der Waals surface area contributed by atoms with E-state index in [-0.39, 0.29) is 6.42 Å². The van der Waals surface area contributed by atoms with Crippen molar-refractivity contribution < 1.29 is 22.5 Å². The minimum absolute atomic E-state index is 0.0862. The van der Waals surface area contributed by atoms with Crippen molar-refractivity contribution in [1.82, 2.24) is 0 Å². The lowest BCUT2D eigenvalue weighted by Crippen LogP contribution is -2.30. The normalized spacial score (nSPS) is 12.8. The van der Waals surface area contributed by atoms with Crippen LogP contribution in [-0.2, 0) is 19.6 Å². The number of unbranched alkanes of at least 4 members (excludes halogenated alkanes) is 11. The Hall–Kier alpha value is -0.880. The second-order valence-electron chi connectivity index (χ2n) is 6.28. The molecule has 0 fully saturated rings. The summed E-state index contributed by atoms with van der Waals surface area (Å²) >= 11 is 0. The smallest absolute Gasteiger partial charge is 0.331 e. The maximum atomic E-state index is 11.5. The predicted molar refractivity (Wildman–Crippen MR) is 97.3 cm³/mol. The average Bonchev–Trinajstić information content (AvgIpc) is 2.50. The van der Waals surface area contributed by atoms with Gasteiger partial charge in [-0.15, -0.1) is 0 Å². The number of rotatable bonds is 16. The zero-order chi connectivity index (χ0) is 18.3. The van der Waals surface area contributed by atoms with Gasteiger partial charge in [-0.3, -0.25) is 9.35 Å². The Morgan fingerprint density at radius 3 is 1.75 bits per heavy atom. The summed E-state index contributed by atoms with van der Waals surface area (Å²) in [6, 6.07) is 0. The average molecular weight is 363 g/mol. The van der Waals surface area contributed by atoms with E-state index in [2.05, 4.69) is 18.2 Å². The Kier molecular flexibility index (Phi) is 13.9. The van der Waals surface area contributed by atoms with Gasteiger partial charge in [0, 0.05) is 0 Å². The van der Waals surface area contributed by atoms with Gasteiger partial charge in [0.05, 0.1) is 6.26 Å². The topological polar surface area (TPSA) is 80.7 Å². The third-order valence-corrected chi connectivity index (χ3v) is 5.29. The SMILES string of the molecule is C=COC(=O)C(CCCCCCCCCCCCCC)S(=O)(=O)O. The molecule has 0 aliphatic heterocycles. The van der Waals surface area contributed by atoms with Gasteiger partial charge in [0.1, 0.15) is 0 Å². The summed E-state index contributed by atoms with van der Waals surface area (Å²) in [4.78, 5) is 11.5. The van der Waals surface area contributed by atoms with E-state index in [1.807, 2.05) is 0 Å². The standard InChI is InChI=1S/C18H34O5S/c1-3-5-6-7-8-9-10-11-12-13-14-15-16-17(24(20,21)22)18(19)23-4-2/h4,17H,2-3,5-16H2,1H3,(H,20,21,22). The maximum Gasteiger partial charge on any atom is 0.331 e. The van der Waals surface area contributed by atoms with E-state index < -0.39 is 21.3 Å². The third-order valence-electron chi connectivity index (χ3n) is 4.14. The summed E-state index contributed by atoms with van der Waals surface area (Å²) in [5.74, 6) is -0.962. The highest BCUT2D eigenvalue weighted by molar-refractivity contribution is 7.87. The number of carbonyl (C=O) groups excluding carboxylic acids is 1. The summed E-state index contributed by atoms with van der Waals surface area (Å²) in [5.41, 5.74) is 0. The van der Waals surface area contributed by atoms with E-state index in [9.17, 15) is 13.2 Å². The second kappa shape index (κ2) is 14.5. The van der Waals surface area contributed by atoms with Crippen molar-refractivity contribution in [1.29, 1.82) is 0 Å². The lowest BCUT2D eigenvalue weighted by molar-refractivity contribution is -0.137. The zero-order valence-electron chi connectivity index (χ0n) is 15.0. The van der Waals surface area contributed by atoms with E-state index in [0.29, 0.717) is 6.42 Å². The van der Waals surface area contributed by atoms with Crippen LogP contribution in [0.15, 0.2) is 12.8 Å². The van der Waals surface area contributed by atoms with Crippen LogP contribution in [-0.4, -0.2) is 24.2 Å². The minimum atomic E-state index is -4.42. The molecule has 0 bridgehead atoms. The number of carbonyl (C=O) groups is 1. The van der Waals surface area contributed by atoms with Crippen LogP contribution < -0.4 is 0 Å². The Labute approximate surface area is 147 Å². The first kappa shape index (κ1) is 23.1. The van der Waals surface area contributed by atoms with Crippen molar-refractivity contribution in [3.8, 4) is 0 Å². The molecular weight excluding hydrogens is 328 g/mol. The fourth-order valence-electron chi connectivity index (χ4n) is 2.72. The number of hydrogen-bond donors (Lipinski definition) is 1. The molecule has 0 aromatic carbocycles. The lowest BCUT2D eigenvalue weighted by atomic mass is 10.0. The Balaban J connectivity index is 3.66. The van der Waals surface area contributed by atoms with Crippen LogP contribution in [0, 0.1) is 0 Å². The Morgan fingerprint density at radius 2 is 1.38 bits per heavy atom. The Morgan fingerprint density at radius 1 is 0.958 bits per heavy atom. The first-order valence-electron chi connectivity index (χ1n) is 9.21. The van der Waals surface area contributed by atoms with Crippen LogP contribution in [0.3, 0.4) is 0 Å². The second-order valence-corrected chi connectivity index (χ2v) is 7.88. The monoisotopic (exact) mass is 362 g/mol. The zero-order valence-corrected chi connectivity index (χ0v) is 15.9. The van der Waals surface area contributed by atoms with E-state index in [1.165, 1.54) is 51.4 Å². The largest absolute Gasteiger partial charge is 0.434 e. The van der Waals surface area contributed by atoms with Crippen molar-refractivity contribution in [3.05, 3.63) is 12.8 Å². The molecule has 1 unspecified atom stereocenters. The quantitative estimate of drug-likeness (QED) is 0.180. The predicted octanol–water partition coefficient (Wildman–Crippen LogP) is 5.02. The molecule has 0 rings (SSSR count). The molecular formula is C18H34O5S. The molecule has 0 aromatic rings. The van der Waals surface area contributed by atoms with Crippen LogP contribution in [0.4, 0.5) is 0 Å². The molecule has 0 saturated carbocycles. The van der Waals surface area contributed by atoms with Crippen molar-refractivity contribution >= 4 is 16.1 Å². The van der Waals surface area contributed by atoms with Crippen molar-refractivity contribution in [2.45, 2.75) is 95.6 Å². The maximum absolute atomic E-state index is 11.5. The summed E-state index contributed by atoms with van der Waals surface area (Å²) < 4.78 is 36.0. The molecule has 0 spiro atoms. The first-order chi connectivity index (χ1) is 11.4. The fraction of sp³-hybridized carbons (Fsp3) is 0.833. The molecule has 1 atom stereocenters. The molecule has 6 heteroatoms. The number of ether oxygens (including phenoxy) is 1. The van der Waals surface area contributed by atoms with E-state index in [4.69, 9.17) is 4.55 Å². The summed E-state index contributed by atoms with van der Waals surface area (Å²) in [6.45, 7) is 5.43. The van der Waals surface area contributed by atoms with Crippen LogP contribution in [0.25, 0.3) is 0 Å². The molecule has 142 valence electrons. The third kappa shape index (κ3) is 12.5. The Bertz CT molecular complexity index is 431. The number of hydrogen-bond acceptors (Lipinski definition) is 4. The molecule has 0 aromatic heterocycles. The van der Waals surface area contributed by atoms with Crippen LogP contribution in [0.2, 0.25) is 0 Å². The van der Waals surface area contributed by atoms with Crippen LogP contribution >= 0.6 is 0 Å². The first-order valence-corrected chi connectivity index (χ1v) is 10.7. The molecule has 0 amide bonds. The van der Waals surface area contributed by atoms with E-state index >= 15 is 0 Å². The lowest BCUT2D eigenvalue weighted by Gasteiger charge is -2.11. The molecule has 0 radical (unpaired) electrons. The number of esters is 1. The van der Waals surface area contributed by atoms with Gasteiger partial charge in [-0.1, -0.05) is 90.6 Å². The van der Waals surface area contributed by atoms with Gasteiger partial charge in [-0.05, 0) is 6.42 Å². The van der Waals surface area contributed by atoms with Gasteiger partial charge in [-0.25, -0.2) is 0 Å². The van der Waals surface area contributed by atoms with Gasteiger partial charge in [0.15, 0.2) is 5.25 Å². The summed E-state index contributed by atoms with van der Waals surface area (Å²) in [6.07, 6.45) is 14.9. The summed E-state index contributed by atoms with van der Waals surface area (Å²) in [7, 11) is -4.42. The fourth-order valence-corrected chi connectivity index (χ4v) is 3.48. The molecule has 24 heavy (non-hydrogen) atoms. The highest BCUT2D eigenvalue weighted by Gasteiger charge is 2.31. The highest BCUT2D eigenvalue weighted by Crippen LogP contribution is 2.15. The molecule has 0 aliphatic carbocycles. The van der Waals surface area contributed by atoms with Gasteiger partial charge in [-0.2, -0.15) is 8.42 Å². The van der Waals surface area contributed by atoms with Gasteiger partial charge < -0.3 is 4.74 Å². The van der Waals surface area contributed by atoms with E-state index in [1.54, 1.807) is 0 Å². The van der Waals surface area contributed by atoms with Crippen molar-refractivity contribution in [2.24, 2.45) is 0 Å². The van der Waals surface area contributed by atoms with Crippen LogP contribution in [0.5, 0.6) is 0 Å². The van der Waals surface area contributed by atoms with Gasteiger partial charge >= 0.3 is 5.97 Å². The highest BCUT2D eigenvalue weighted by atomic mass is 32.2. The molecule has 0 saturated heterocycles. The van der Waals surface area contributed by atoms with Crippen molar-refractivity contribution in [3.63, 3.8) is 0 Å². The van der Waals surface area contributed by atoms with E-state index in [0.717, 1.165) is 25.5 Å². The summed E-state index contributed by atoms with van der Waals surface area (Å²) in [5, 5.41) is -1.50. The van der Waals surface area contributed by atoms with Crippen LogP contribution in [0.1, 0.15) is 90.4 Å².